The first kappa shape index (κ1) is 16.5. The Morgan fingerprint density at radius 2 is 2.00 bits per heavy atom. The number of carboxylic acids is 1. The van der Waals surface area contributed by atoms with Crippen LogP contribution in [0.2, 0.25) is 0 Å². The number of carbonyl (C=O) groups excluding carboxylic acids is 1. The summed E-state index contributed by atoms with van der Waals surface area (Å²) in [6.45, 7) is 4.71. The van der Waals surface area contributed by atoms with Crippen molar-refractivity contribution in [1.29, 1.82) is 0 Å². The number of nitrogens with one attached hydrogen (secondary N) is 1. The van der Waals surface area contributed by atoms with Crippen LogP contribution in [-0.2, 0) is 4.79 Å². The molecule has 1 saturated carbocycles. The first-order chi connectivity index (χ1) is 10.0. The van der Waals surface area contributed by atoms with E-state index < -0.39 is 12.0 Å². The van der Waals surface area contributed by atoms with Crippen LogP contribution in [0.3, 0.4) is 0 Å². The van der Waals surface area contributed by atoms with Gasteiger partial charge in [0.05, 0.1) is 5.37 Å². The van der Waals surface area contributed by atoms with Crippen molar-refractivity contribution in [2.45, 2.75) is 57.4 Å². The average molecular weight is 314 g/mol. The number of urea groups is 1. The lowest BCUT2D eigenvalue weighted by Crippen LogP contribution is -2.51. The van der Waals surface area contributed by atoms with Crippen molar-refractivity contribution < 1.29 is 14.7 Å². The van der Waals surface area contributed by atoms with E-state index in [1.807, 2.05) is 13.8 Å². The third-order valence-electron chi connectivity index (χ3n) is 4.43. The highest BCUT2D eigenvalue weighted by Crippen LogP contribution is 2.34. The van der Waals surface area contributed by atoms with E-state index in [2.05, 4.69) is 5.32 Å². The number of carbonyl (C=O) groups is 2. The molecule has 0 aromatic carbocycles. The third-order valence-corrected chi connectivity index (χ3v) is 6.05. The monoisotopic (exact) mass is 314 g/mol. The van der Waals surface area contributed by atoms with E-state index in [1.54, 1.807) is 11.8 Å². The lowest BCUT2D eigenvalue weighted by Gasteiger charge is -2.30. The number of amides is 2. The largest absolute Gasteiger partial charge is 0.480 e. The predicted octanol–water partition coefficient (Wildman–Crippen LogP) is 2.76. The average Bonchev–Trinajstić information content (AvgIpc) is 3.07. The quantitative estimate of drug-likeness (QED) is 0.818. The summed E-state index contributed by atoms with van der Waals surface area (Å²) in [6, 6.07) is -0.919. The van der Waals surface area contributed by atoms with Gasteiger partial charge in [-0.2, -0.15) is 0 Å². The summed E-state index contributed by atoms with van der Waals surface area (Å²) in [7, 11) is 0. The minimum absolute atomic E-state index is 0.0439. The molecule has 2 amide bonds. The molecule has 2 N–H and O–H groups in total. The van der Waals surface area contributed by atoms with Gasteiger partial charge in [-0.15, -0.1) is 11.8 Å². The number of rotatable bonds is 5. The Hall–Kier alpha value is -0.910. The number of nitrogens with zero attached hydrogens (tertiary/aromatic N) is 1. The van der Waals surface area contributed by atoms with Crippen molar-refractivity contribution in [3.05, 3.63) is 0 Å². The van der Waals surface area contributed by atoms with Gasteiger partial charge < -0.3 is 10.4 Å². The summed E-state index contributed by atoms with van der Waals surface area (Å²) in [6.07, 6.45) is 6.15. The van der Waals surface area contributed by atoms with Crippen LogP contribution in [-0.4, -0.2) is 45.7 Å². The Labute approximate surface area is 130 Å². The molecule has 0 aromatic heterocycles. The Morgan fingerprint density at radius 1 is 1.33 bits per heavy atom. The van der Waals surface area contributed by atoms with Crippen LogP contribution in [0.1, 0.15) is 46.0 Å². The van der Waals surface area contributed by atoms with Gasteiger partial charge in [0.15, 0.2) is 0 Å². The standard InChI is InChI=1S/C15H26N2O3S/c1-10(2)13-17(12(9-21-13)14(18)19)15(20)16-8-7-11-5-3-4-6-11/h10-13H,3-9H2,1-2H3,(H,16,20)(H,18,19). The van der Waals surface area contributed by atoms with Crippen molar-refractivity contribution >= 4 is 23.8 Å². The zero-order valence-electron chi connectivity index (χ0n) is 12.9. The second-order valence-electron chi connectivity index (χ2n) is 6.40. The molecule has 2 aliphatic rings. The molecule has 1 aliphatic carbocycles. The van der Waals surface area contributed by atoms with E-state index in [9.17, 15) is 14.7 Å². The van der Waals surface area contributed by atoms with E-state index in [-0.39, 0.29) is 17.3 Å². The SMILES string of the molecule is CC(C)C1SCC(C(=O)O)N1C(=O)NCCC1CCCC1. The van der Waals surface area contributed by atoms with Gasteiger partial charge in [-0.3, -0.25) is 4.90 Å². The molecular weight excluding hydrogens is 288 g/mol. The molecule has 6 heteroatoms. The summed E-state index contributed by atoms with van der Waals surface area (Å²) in [4.78, 5) is 25.3. The molecule has 2 fully saturated rings. The van der Waals surface area contributed by atoms with E-state index in [0.29, 0.717) is 12.3 Å². The third kappa shape index (κ3) is 4.05. The van der Waals surface area contributed by atoms with Crippen LogP contribution in [0.4, 0.5) is 4.79 Å². The predicted molar refractivity (Wildman–Crippen MR) is 84.3 cm³/mol. The molecule has 0 radical (unpaired) electrons. The summed E-state index contributed by atoms with van der Waals surface area (Å²) in [5, 5.41) is 12.2. The van der Waals surface area contributed by atoms with Crippen molar-refractivity contribution in [3.63, 3.8) is 0 Å². The Morgan fingerprint density at radius 3 is 2.57 bits per heavy atom. The normalized spacial score (nSPS) is 26.5. The molecule has 1 aliphatic heterocycles. The van der Waals surface area contributed by atoms with Gasteiger partial charge in [-0.1, -0.05) is 39.5 Å². The van der Waals surface area contributed by atoms with Gasteiger partial charge in [0.1, 0.15) is 6.04 Å². The second kappa shape index (κ2) is 7.38. The summed E-state index contributed by atoms with van der Waals surface area (Å²) < 4.78 is 0. The topological polar surface area (TPSA) is 69.6 Å². The Bertz CT molecular complexity index is 383. The summed E-state index contributed by atoms with van der Waals surface area (Å²) in [5.74, 6) is 0.555. The molecular formula is C15H26N2O3S. The van der Waals surface area contributed by atoms with Crippen LogP contribution in [0.15, 0.2) is 0 Å². The number of hydrogen-bond acceptors (Lipinski definition) is 3. The Kier molecular flexibility index (Phi) is 5.79. The molecule has 21 heavy (non-hydrogen) atoms. The maximum Gasteiger partial charge on any atom is 0.327 e. The lowest BCUT2D eigenvalue weighted by atomic mass is 10.0. The first-order valence-corrected chi connectivity index (χ1v) is 8.96. The van der Waals surface area contributed by atoms with Crippen LogP contribution >= 0.6 is 11.8 Å². The maximum absolute atomic E-state index is 12.4. The molecule has 0 aromatic rings. The van der Waals surface area contributed by atoms with Gasteiger partial charge in [-0.25, -0.2) is 9.59 Å². The first-order valence-electron chi connectivity index (χ1n) is 7.91. The van der Waals surface area contributed by atoms with Crippen LogP contribution in [0.25, 0.3) is 0 Å². The van der Waals surface area contributed by atoms with Crippen molar-refractivity contribution in [3.8, 4) is 0 Å². The number of thioether (sulfide) groups is 1. The lowest BCUT2D eigenvalue weighted by molar-refractivity contribution is -0.141. The molecule has 1 heterocycles. The highest BCUT2D eigenvalue weighted by molar-refractivity contribution is 8.00. The molecule has 0 spiro atoms. The fourth-order valence-corrected chi connectivity index (χ4v) is 4.73. The molecule has 5 nitrogen and oxygen atoms in total. The summed E-state index contributed by atoms with van der Waals surface area (Å²) >= 11 is 1.57. The van der Waals surface area contributed by atoms with Crippen molar-refractivity contribution in [1.82, 2.24) is 10.2 Å². The van der Waals surface area contributed by atoms with Crippen LogP contribution < -0.4 is 5.32 Å². The molecule has 1 saturated heterocycles. The highest BCUT2D eigenvalue weighted by Gasteiger charge is 2.42. The van der Waals surface area contributed by atoms with Crippen LogP contribution in [0, 0.1) is 11.8 Å². The van der Waals surface area contributed by atoms with E-state index in [1.165, 1.54) is 30.6 Å². The zero-order valence-corrected chi connectivity index (χ0v) is 13.7. The second-order valence-corrected chi connectivity index (χ2v) is 7.55. The fourth-order valence-electron chi connectivity index (χ4n) is 3.26. The zero-order chi connectivity index (χ0) is 15.4. The minimum Gasteiger partial charge on any atom is -0.480 e. The van der Waals surface area contributed by atoms with Crippen molar-refractivity contribution in [2.24, 2.45) is 11.8 Å². The molecule has 2 rings (SSSR count). The molecule has 2 atom stereocenters. The maximum atomic E-state index is 12.4. The van der Waals surface area contributed by atoms with E-state index in [4.69, 9.17) is 0 Å². The van der Waals surface area contributed by atoms with Gasteiger partial charge in [0.25, 0.3) is 0 Å². The molecule has 120 valence electrons. The highest BCUT2D eigenvalue weighted by atomic mass is 32.2. The molecule has 0 bridgehead atoms. The number of aliphatic carboxylic acids is 1. The minimum atomic E-state index is -0.906. The molecule has 2 unspecified atom stereocenters. The summed E-state index contributed by atoms with van der Waals surface area (Å²) in [5.41, 5.74) is 0. The number of hydrogen-bond donors (Lipinski definition) is 2. The van der Waals surface area contributed by atoms with Gasteiger partial charge in [0.2, 0.25) is 0 Å². The fraction of sp³-hybridized carbons (Fsp3) is 0.867. The van der Waals surface area contributed by atoms with E-state index in [0.717, 1.165) is 12.3 Å². The van der Waals surface area contributed by atoms with Crippen molar-refractivity contribution in [2.75, 3.05) is 12.3 Å². The van der Waals surface area contributed by atoms with Gasteiger partial charge in [-0.05, 0) is 18.3 Å². The van der Waals surface area contributed by atoms with E-state index >= 15 is 0 Å². The van der Waals surface area contributed by atoms with Crippen LogP contribution in [0.5, 0.6) is 0 Å². The smallest absolute Gasteiger partial charge is 0.327 e. The Balaban J connectivity index is 1.88. The number of carboxylic acid groups (broad SMARTS) is 1. The van der Waals surface area contributed by atoms with Gasteiger partial charge in [0, 0.05) is 12.3 Å². The van der Waals surface area contributed by atoms with Gasteiger partial charge >= 0.3 is 12.0 Å².